The lowest BCUT2D eigenvalue weighted by molar-refractivity contribution is -0.0440. The van der Waals surface area contributed by atoms with E-state index >= 15 is 0 Å². The molecule has 1 aromatic rings. The fraction of sp³-hybridized carbons (Fsp3) is 0.455. The number of methoxy groups -OCH3 is 2. The minimum Gasteiger partial charge on any atom is -0.399 e. The summed E-state index contributed by atoms with van der Waals surface area (Å²) in [7, 11) is 4.00. The second-order valence-corrected chi connectivity index (χ2v) is 4.63. The summed E-state index contributed by atoms with van der Waals surface area (Å²) >= 11 is 0. The predicted molar refractivity (Wildman–Crippen MR) is 62.9 cm³/mol. The highest BCUT2D eigenvalue weighted by atomic mass is 28.2. The zero-order valence-corrected chi connectivity index (χ0v) is 10.2. The van der Waals surface area contributed by atoms with Crippen molar-refractivity contribution >= 4 is 15.2 Å². The van der Waals surface area contributed by atoms with Crippen molar-refractivity contribution in [3.8, 4) is 0 Å². The Kier molecular flexibility index (Phi) is 5.38. The molecule has 0 atom stereocenters. The SMILES string of the molecule is COC(OC)[Si]CCc1cccc(N)c1. The minimum atomic E-state index is -0.0638. The first-order chi connectivity index (χ1) is 7.26. The van der Waals surface area contributed by atoms with Gasteiger partial charge in [-0.3, -0.25) is 0 Å². The highest BCUT2D eigenvalue weighted by molar-refractivity contribution is 6.36. The highest BCUT2D eigenvalue weighted by Gasteiger charge is 2.05. The van der Waals surface area contributed by atoms with Gasteiger partial charge in [0.15, 0.2) is 0 Å². The second kappa shape index (κ2) is 6.61. The van der Waals surface area contributed by atoms with Gasteiger partial charge in [-0.05, 0) is 24.1 Å². The van der Waals surface area contributed by atoms with Crippen LogP contribution in [-0.2, 0) is 15.9 Å². The number of nitrogens with two attached hydrogens (primary N) is 1. The van der Waals surface area contributed by atoms with Crippen molar-refractivity contribution in [2.75, 3.05) is 20.0 Å². The quantitative estimate of drug-likeness (QED) is 0.452. The number of aryl methyl sites for hydroxylation is 1. The van der Waals surface area contributed by atoms with Crippen molar-refractivity contribution in [2.24, 2.45) is 0 Å². The standard InChI is InChI=1S/C11H17NO2Si/c1-13-11(14-2)15-7-6-9-4-3-5-10(12)8-9/h3-5,8,11H,6-7,12H2,1-2H3. The van der Waals surface area contributed by atoms with Crippen LogP contribution in [0.2, 0.25) is 6.04 Å². The zero-order valence-electron chi connectivity index (χ0n) is 9.19. The van der Waals surface area contributed by atoms with Gasteiger partial charge in [-0.15, -0.1) is 0 Å². The molecule has 0 heterocycles. The Morgan fingerprint density at radius 1 is 1.33 bits per heavy atom. The van der Waals surface area contributed by atoms with Crippen molar-refractivity contribution < 1.29 is 9.47 Å². The van der Waals surface area contributed by atoms with E-state index < -0.39 is 0 Å². The smallest absolute Gasteiger partial charge is 0.136 e. The van der Waals surface area contributed by atoms with Gasteiger partial charge in [0, 0.05) is 19.9 Å². The number of nitrogen functional groups attached to an aromatic ring is 1. The second-order valence-electron chi connectivity index (χ2n) is 3.25. The molecule has 0 spiro atoms. The first kappa shape index (κ1) is 12.2. The van der Waals surface area contributed by atoms with Crippen LogP contribution in [0.4, 0.5) is 5.69 Å². The molecule has 15 heavy (non-hydrogen) atoms. The highest BCUT2D eigenvalue weighted by Crippen LogP contribution is 2.09. The third-order valence-electron chi connectivity index (χ3n) is 2.10. The normalized spacial score (nSPS) is 10.9. The van der Waals surface area contributed by atoms with Crippen LogP contribution in [0.1, 0.15) is 5.56 Å². The van der Waals surface area contributed by atoms with E-state index in [0.717, 1.165) is 18.2 Å². The van der Waals surface area contributed by atoms with Gasteiger partial charge in [0.25, 0.3) is 0 Å². The van der Waals surface area contributed by atoms with Gasteiger partial charge in [0.2, 0.25) is 0 Å². The molecule has 0 aromatic heterocycles. The summed E-state index contributed by atoms with van der Waals surface area (Å²) in [5, 5.41) is 0. The Morgan fingerprint density at radius 2 is 2.07 bits per heavy atom. The third kappa shape index (κ3) is 4.46. The van der Waals surface area contributed by atoms with E-state index in [9.17, 15) is 0 Å². The van der Waals surface area contributed by atoms with E-state index in [4.69, 9.17) is 15.2 Å². The molecule has 1 aromatic carbocycles. The van der Waals surface area contributed by atoms with Crippen molar-refractivity contribution in [1.82, 2.24) is 0 Å². The molecule has 2 N–H and O–H groups in total. The molecular formula is C11H17NO2Si. The van der Waals surface area contributed by atoms with Crippen LogP contribution in [0.3, 0.4) is 0 Å². The molecule has 0 aliphatic heterocycles. The molecule has 0 saturated carbocycles. The number of hydrogen-bond donors (Lipinski definition) is 1. The fourth-order valence-electron chi connectivity index (χ4n) is 1.35. The Hall–Kier alpha value is -0.843. The van der Waals surface area contributed by atoms with Gasteiger partial charge in [0.05, 0.1) is 0 Å². The van der Waals surface area contributed by atoms with Crippen LogP contribution >= 0.6 is 0 Å². The Bertz CT molecular complexity index is 290. The third-order valence-corrected chi connectivity index (χ3v) is 3.45. The summed E-state index contributed by atoms with van der Waals surface area (Å²) in [5.74, 6) is -0.0638. The molecule has 0 saturated heterocycles. The molecule has 4 heteroatoms. The van der Waals surface area contributed by atoms with Gasteiger partial charge in [0.1, 0.15) is 15.4 Å². The summed E-state index contributed by atoms with van der Waals surface area (Å²) in [6, 6.07) is 9.06. The summed E-state index contributed by atoms with van der Waals surface area (Å²) < 4.78 is 10.3. The largest absolute Gasteiger partial charge is 0.399 e. The molecule has 0 unspecified atom stereocenters. The average Bonchev–Trinajstić information content (AvgIpc) is 2.25. The van der Waals surface area contributed by atoms with Gasteiger partial charge >= 0.3 is 0 Å². The summed E-state index contributed by atoms with van der Waals surface area (Å²) in [6.07, 6.45) is 1.02. The van der Waals surface area contributed by atoms with Crippen LogP contribution in [-0.4, -0.2) is 29.7 Å². The number of anilines is 1. The lowest BCUT2D eigenvalue weighted by atomic mass is 10.1. The minimum absolute atomic E-state index is 0.0638. The first-order valence-electron chi connectivity index (χ1n) is 4.89. The Labute approximate surface area is 93.4 Å². The van der Waals surface area contributed by atoms with Crippen molar-refractivity contribution in [3.05, 3.63) is 29.8 Å². The number of rotatable bonds is 6. The van der Waals surface area contributed by atoms with Crippen LogP contribution in [0.5, 0.6) is 0 Å². The molecular weight excluding hydrogens is 206 g/mol. The molecule has 3 nitrogen and oxygen atoms in total. The van der Waals surface area contributed by atoms with Crippen molar-refractivity contribution in [1.29, 1.82) is 0 Å². The van der Waals surface area contributed by atoms with E-state index in [1.807, 2.05) is 18.2 Å². The Morgan fingerprint density at radius 3 is 2.67 bits per heavy atom. The van der Waals surface area contributed by atoms with Gasteiger partial charge in [-0.1, -0.05) is 18.2 Å². The average molecular weight is 223 g/mol. The topological polar surface area (TPSA) is 44.5 Å². The maximum absolute atomic E-state index is 5.70. The summed E-state index contributed by atoms with van der Waals surface area (Å²) in [4.78, 5) is 0. The van der Waals surface area contributed by atoms with Gasteiger partial charge in [-0.2, -0.15) is 0 Å². The molecule has 0 bridgehead atoms. The van der Waals surface area contributed by atoms with Crippen LogP contribution in [0.15, 0.2) is 24.3 Å². The Balaban J connectivity index is 2.31. The maximum atomic E-state index is 5.70. The molecule has 82 valence electrons. The summed E-state index contributed by atoms with van der Waals surface area (Å²) in [5.41, 5.74) is 7.79. The summed E-state index contributed by atoms with van der Waals surface area (Å²) in [6.45, 7) is 0. The molecule has 0 fully saturated rings. The monoisotopic (exact) mass is 223 g/mol. The van der Waals surface area contributed by atoms with Crippen molar-refractivity contribution in [3.63, 3.8) is 0 Å². The number of ether oxygens (including phenoxy) is 2. The van der Waals surface area contributed by atoms with Crippen molar-refractivity contribution in [2.45, 2.75) is 18.4 Å². The van der Waals surface area contributed by atoms with E-state index in [1.54, 1.807) is 14.2 Å². The van der Waals surface area contributed by atoms with Crippen LogP contribution < -0.4 is 5.73 Å². The fourth-order valence-corrected chi connectivity index (χ4v) is 2.35. The molecule has 1 rings (SSSR count). The van der Waals surface area contributed by atoms with Gasteiger partial charge < -0.3 is 15.2 Å². The zero-order chi connectivity index (χ0) is 11.1. The van der Waals surface area contributed by atoms with Crippen LogP contribution in [0, 0.1) is 0 Å². The maximum Gasteiger partial charge on any atom is 0.136 e. The van der Waals surface area contributed by atoms with E-state index in [-0.39, 0.29) is 5.91 Å². The van der Waals surface area contributed by atoms with E-state index in [2.05, 4.69) is 6.07 Å². The number of benzene rings is 1. The molecule has 0 aliphatic carbocycles. The van der Waals surface area contributed by atoms with Crippen LogP contribution in [0.25, 0.3) is 0 Å². The lowest BCUT2D eigenvalue weighted by Gasteiger charge is -2.11. The van der Waals surface area contributed by atoms with Gasteiger partial charge in [-0.25, -0.2) is 0 Å². The molecule has 2 radical (unpaired) electrons. The lowest BCUT2D eigenvalue weighted by Crippen LogP contribution is -2.21. The van der Waals surface area contributed by atoms with E-state index in [1.165, 1.54) is 5.56 Å². The van der Waals surface area contributed by atoms with E-state index in [0.29, 0.717) is 9.52 Å². The predicted octanol–water partition coefficient (Wildman–Crippen LogP) is 1.51. The first-order valence-corrected chi connectivity index (χ1v) is 6.18. The molecule has 0 amide bonds. The molecule has 0 aliphatic rings. The number of hydrogen-bond acceptors (Lipinski definition) is 3.